The number of nitro benzene ring substituents is 1. The van der Waals surface area contributed by atoms with Crippen LogP contribution in [0.15, 0.2) is 41.3 Å². The normalized spacial score (nSPS) is 12.1. The Morgan fingerprint density at radius 1 is 1.15 bits per heavy atom. The maximum Gasteiger partial charge on any atom is 0.416 e. The summed E-state index contributed by atoms with van der Waals surface area (Å²) in [5.41, 5.74) is -1.73. The summed E-state index contributed by atoms with van der Waals surface area (Å²) in [4.78, 5) is 9.72. The second-order valence-corrected chi connectivity index (χ2v) is 7.69. The largest absolute Gasteiger partial charge is 0.416 e. The monoisotopic (exact) mass is 408 g/mol. The molecular weight excluding hydrogens is 397 g/mol. The Kier molecular flexibility index (Phi) is 5.20. The van der Waals surface area contributed by atoms with Crippen LogP contribution in [0.3, 0.4) is 0 Å². The van der Waals surface area contributed by atoms with Gasteiger partial charge in [0.1, 0.15) is 0 Å². The maximum absolute atomic E-state index is 12.9. The van der Waals surface area contributed by atoms with E-state index >= 15 is 0 Å². The lowest BCUT2D eigenvalue weighted by Crippen LogP contribution is -2.28. The predicted octanol–water partition coefficient (Wildman–Crippen LogP) is 4.40. The average Bonchev–Trinajstić information content (AvgIpc) is 2.53. The first-order valence-corrected chi connectivity index (χ1v) is 8.78. The minimum Gasteiger partial charge on any atom is -0.268 e. The van der Waals surface area contributed by atoms with E-state index in [-0.39, 0.29) is 10.6 Å². The zero-order valence-electron chi connectivity index (χ0n) is 13.4. The lowest BCUT2D eigenvalue weighted by Gasteiger charge is -2.22. The fraction of sp³-hybridized carbons (Fsp3) is 0.200. The molecule has 140 valence electrons. The van der Waals surface area contributed by atoms with Crippen LogP contribution in [0.25, 0.3) is 0 Å². The van der Waals surface area contributed by atoms with Crippen LogP contribution in [0.2, 0.25) is 5.02 Å². The van der Waals surface area contributed by atoms with Gasteiger partial charge >= 0.3 is 6.18 Å². The van der Waals surface area contributed by atoms with Crippen molar-refractivity contribution >= 4 is 33.0 Å². The van der Waals surface area contributed by atoms with E-state index in [2.05, 4.69) is 0 Å². The van der Waals surface area contributed by atoms with Crippen molar-refractivity contribution in [2.24, 2.45) is 0 Å². The molecule has 0 aliphatic carbocycles. The van der Waals surface area contributed by atoms with E-state index in [4.69, 9.17) is 11.6 Å². The molecule has 26 heavy (non-hydrogen) atoms. The average molecular weight is 409 g/mol. The summed E-state index contributed by atoms with van der Waals surface area (Å²) < 4.78 is 64.9. The molecule has 0 aromatic heterocycles. The van der Waals surface area contributed by atoms with Crippen molar-refractivity contribution in [1.29, 1.82) is 0 Å². The van der Waals surface area contributed by atoms with Crippen LogP contribution in [0.4, 0.5) is 24.5 Å². The Bertz CT molecular complexity index is 977. The minimum absolute atomic E-state index is 0.200. The number of halogens is 4. The Balaban J connectivity index is 2.61. The molecule has 0 saturated heterocycles. The molecule has 0 unspecified atom stereocenters. The first-order valence-electron chi connectivity index (χ1n) is 6.96. The van der Waals surface area contributed by atoms with Crippen LogP contribution in [0.1, 0.15) is 11.1 Å². The van der Waals surface area contributed by atoms with Crippen molar-refractivity contribution in [1.82, 2.24) is 0 Å². The quantitative estimate of drug-likeness (QED) is 0.554. The van der Waals surface area contributed by atoms with Crippen molar-refractivity contribution in [2.45, 2.75) is 18.0 Å². The Hall–Kier alpha value is -2.33. The highest BCUT2D eigenvalue weighted by molar-refractivity contribution is 7.92. The second-order valence-electron chi connectivity index (χ2n) is 5.34. The molecule has 2 aromatic rings. The molecule has 0 fully saturated rings. The van der Waals surface area contributed by atoms with Crippen LogP contribution < -0.4 is 4.31 Å². The number of alkyl halides is 3. The molecule has 0 atom stereocenters. The zero-order chi connectivity index (χ0) is 19.9. The van der Waals surface area contributed by atoms with Crippen LogP contribution in [-0.4, -0.2) is 20.4 Å². The number of non-ortho nitro benzene ring substituents is 1. The van der Waals surface area contributed by atoms with Gasteiger partial charge in [-0.15, -0.1) is 0 Å². The lowest BCUT2D eigenvalue weighted by atomic mass is 10.2. The molecule has 0 bridgehead atoms. The molecule has 0 saturated carbocycles. The van der Waals surface area contributed by atoms with Gasteiger partial charge in [-0.25, -0.2) is 8.42 Å². The molecule has 0 spiro atoms. The van der Waals surface area contributed by atoms with Crippen molar-refractivity contribution in [2.75, 3.05) is 11.4 Å². The number of aryl methyl sites for hydroxylation is 1. The van der Waals surface area contributed by atoms with E-state index in [1.807, 2.05) is 0 Å². The van der Waals surface area contributed by atoms with Gasteiger partial charge in [0, 0.05) is 19.2 Å². The number of sulfonamides is 1. The van der Waals surface area contributed by atoms with Crippen LogP contribution >= 0.6 is 11.6 Å². The van der Waals surface area contributed by atoms with E-state index in [0.29, 0.717) is 10.4 Å². The van der Waals surface area contributed by atoms with Gasteiger partial charge in [-0.3, -0.25) is 14.4 Å². The van der Waals surface area contributed by atoms with Crippen LogP contribution in [0.5, 0.6) is 0 Å². The SMILES string of the molecule is Cc1ccc([N+](=O)[O-])cc1S(=O)(=O)N(C)c1cc(C(F)(F)F)ccc1Cl. The highest BCUT2D eigenvalue weighted by Crippen LogP contribution is 2.37. The number of nitrogens with zero attached hydrogens (tertiary/aromatic N) is 2. The van der Waals surface area contributed by atoms with Gasteiger partial charge in [-0.1, -0.05) is 17.7 Å². The Morgan fingerprint density at radius 2 is 1.77 bits per heavy atom. The van der Waals surface area contributed by atoms with E-state index in [9.17, 15) is 31.7 Å². The summed E-state index contributed by atoms with van der Waals surface area (Å²) in [6.07, 6.45) is -4.69. The van der Waals surface area contributed by atoms with Gasteiger partial charge in [0.2, 0.25) is 0 Å². The fourth-order valence-corrected chi connectivity index (χ4v) is 3.93. The molecule has 0 aliphatic rings. The molecular formula is C15H12ClF3N2O4S. The number of hydrogen-bond acceptors (Lipinski definition) is 4. The molecule has 0 N–H and O–H groups in total. The van der Waals surface area contributed by atoms with E-state index in [1.165, 1.54) is 13.0 Å². The number of hydrogen-bond donors (Lipinski definition) is 0. The van der Waals surface area contributed by atoms with Gasteiger partial charge < -0.3 is 0 Å². The van der Waals surface area contributed by atoms with Crippen LogP contribution in [-0.2, 0) is 16.2 Å². The summed E-state index contributed by atoms with van der Waals surface area (Å²) in [6.45, 7) is 1.41. The Labute approximate surface area is 152 Å². The van der Waals surface area contributed by atoms with Gasteiger partial charge in [0.05, 0.1) is 26.1 Å². The summed E-state index contributed by atoms with van der Waals surface area (Å²) in [5.74, 6) is 0. The third-order valence-electron chi connectivity index (χ3n) is 3.63. The van der Waals surface area contributed by atoms with E-state index in [1.54, 1.807) is 0 Å². The predicted molar refractivity (Wildman–Crippen MR) is 89.9 cm³/mol. The van der Waals surface area contributed by atoms with E-state index in [0.717, 1.165) is 31.3 Å². The van der Waals surface area contributed by atoms with Crippen LogP contribution in [0, 0.1) is 17.0 Å². The van der Waals surface area contributed by atoms with Gasteiger partial charge in [-0.2, -0.15) is 13.2 Å². The lowest BCUT2D eigenvalue weighted by molar-refractivity contribution is -0.385. The molecule has 6 nitrogen and oxygen atoms in total. The third-order valence-corrected chi connectivity index (χ3v) is 5.87. The standard InChI is InChI=1S/C15H12ClF3N2O4S/c1-9-3-5-11(21(22)23)8-14(9)26(24,25)20(2)13-7-10(15(17,18)19)4-6-12(13)16/h3-8H,1-2H3. The number of rotatable bonds is 4. The molecule has 11 heteroatoms. The molecule has 2 aromatic carbocycles. The van der Waals surface area contributed by atoms with Crippen molar-refractivity contribution in [3.63, 3.8) is 0 Å². The zero-order valence-corrected chi connectivity index (χ0v) is 15.0. The molecule has 2 rings (SSSR count). The molecule has 0 radical (unpaired) electrons. The highest BCUT2D eigenvalue weighted by Gasteiger charge is 2.33. The first-order chi connectivity index (χ1) is 11.9. The molecule has 0 heterocycles. The first kappa shape index (κ1) is 20.0. The summed E-state index contributed by atoms with van der Waals surface area (Å²) in [5, 5.41) is 10.7. The fourth-order valence-electron chi connectivity index (χ4n) is 2.19. The smallest absolute Gasteiger partial charge is 0.268 e. The van der Waals surface area contributed by atoms with Gasteiger partial charge in [0.15, 0.2) is 0 Å². The summed E-state index contributed by atoms with van der Waals surface area (Å²) >= 11 is 5.87. The number of nitro groups is 1. The topological polar surface area (TPSA) is 80.5 Å². The maximum atomic E-state index is 12.9. The van der Waals surface area contributed by atoms with E-state index < -0.39 is 43.0 Å². The molecule has 0 amide bonds. The van der Waals surface area contributed by atoms with Crippen molar-refractivity contribution in [3.05, 3.63) is 62.7 Å². The van der Waals surface area contributed by atoms with Crippen molar-refractivity contribution in [3.8, 4) is 0 Å². The van der Waals surface area contributed by atoms with Gasteiger partial charge in [-0.05, 0) is 30.7 Å². The molecule has 0 aliphatic heterocycles. The summed E-state index contributed by atoms with van der Waals surface area (Å²) in [7, 11) is -3.36. The number of anilines is 1. The second kappa shape index (κ2) is 6.76. The third kappa shape index (κ3) is 3.75. The highest BCUT2D eigenvalue weighted by atomic mass is 35.5. The van der Waals surface area contributed by atoms with Gasteiger partial charge in [0.25, 0.3) is 15.7 Å². The Morgan fingerprint density at radius 3 is 2.31 bits per heavy atom. The minimum atomic E-state index is -4.69. The summed E-state index contributed by atoms with van der Waals surface area (Å²) in [6, 6.07) is 5.49. The van der Waals surface area contributed by atoms with Crippen molar-refractivity contribution < 1.29 is 26.5 Å². The number of benzene rings is 2.